The summed E-state index contributed by atoms with van der Waals surface area (Å²) in [5, 5.41) is 14.1. The van der Waals surface area contributed by atoms with Crippen molar-refractivity contribution in [2.24, 2.45) is 0 Å². The Morgan fingerprint density at radius 2 is 2.19 bits per heavy atom. The summed E-state index contributed by atoms with van der Waals surface area (Å²) in [4.78, 5) is 11.4. The first-order chi connectivity index (χ1) is 7.74. The van der Waals surface area contributed by atoms with E-state index in [0.717, 1.165) is 0 Å². The molecule has 0 aliphatic carbocycles. The zero-order valence-electron chi connectivity index (χ0n) is 8.66. The number of anilines is 1. The molecule has 4 nitrogen and oxygen atoms in total. The van der Waals surface area contributed by atoms with Crippen molar-refractivity contribution >= 4 is 23.3 Å². The number of benzene rings is 1. The van der Waals surface area contributed by atoms with Gasteiger partial charge in [0.1, 0.15) is 0 Å². The lowest BCUT2D eigenvalue weighted by molar-refractivity contribution is 0.252. The molecule has 0 fully saturated rings. The third kappa shape index (κ3) is 4.20. The van der Waals surface area contributed by atoms with Gasteiger partial charge in [-0.25, -0.2) is 4.79 Å². The summed E-state index contributed by atoms with van der Waals surface area (Å²) in [6, 6.07) is 8.69. The van der Waals surface area contributed by atoms with Gasteiger partial charge in [0.15, 0.2) is 0 Å². The molecular formula is C11H12ClN3O. The number of amides is 2. The number of nitriles is 1. The number of para-hydroxylation sites is 1. The largest absolute Gasteiger partial charge is 0.338 e. The second-order valence-electron chi connectivity index (χ2n) is 3.12. The lowest BCUT2D eigenvalue weighted by atomic mass is 10.3. The molecule has 2 amide bonds. The first kappa shape index (κ1) is 12.3. The van der Waals surface area contributed by atoms with Crippen LogP contribution in [0, 0.1) is 11.3 Å². The highest BCUT2D eigenvalue weighted by molar-refractivity contribution is 6.33. The highest BCUT2D eigenvalue weighted by Gasteiger charge is 2.03. The monoisotopic (exact) mass is 237 g/mol. The van der Waals surface area contributed by atoms with Crippen molar-refractivity contribution in [3.63, 3.8) is 0 Å². The summed E-state index contributed by atoms with van der Waals surface area (Å²) >= 11 is 5.87. The van der Waals surface area contributed by atoms with Gasteiger partial charge in [0.25, 0.3) is 0 Å². The molecule has 84 valence electrons. The minimum Gasteiger partial charge on any atom is -0.338 e. The summed E-state index contributed by atoms with van der Waals surface area (Å²) in [5.74, 6) is 0. The van der Waals surface area contributed by atoms with Crippen molar-refractivity contribution in [3.05, 3.63) is 29.3 Å². The predicted molar refractivity (Wildman–Crippen MR) is 63.3 cm³/mol. The lowest BCUT2D eigenvalue weighted by Gasteiger charge is -2.07. The fraction of sp³-hybridized carbons (Fsp3) is 0.273. The van der Waals surface area contributed by atoms with Crippen molar-refractivity contribution < 1.29 is 4.79 Å². The molecule has 0 spiro atoms. The molecule has 0 aliphatic heterocycles. The Morgan fingerprint density at radius 1 is 1.44 bits per heavy atom. The van der Waals surface area contributed by atoms with Gasteiger partial charge in [0.2, 0.25) is 0 Å². The number of unbranched alkanes of at least 4 members (excludes halogenated alkanes) is 1. The molecule has 16 heavy (non-hydrogen) atoms. The fourth-order valence-corrected chi connectivity index (χ4v) is 1.28. The highest BCUT2D eigenvalue weighted by Crippen LogP contribution is 2.19. The van der Waals surface area contributed by atoms with Crippen LogP contribution in [0.2, 0.25) is 5.02 Å². The van der Waals surface area contributed by atoms with Gasteiger partial charge in [-0.2, -0.15) is 5.26 Å². The van der Waals surface area contributed by atoms with Gasteiger partial charge in [-0.1, -0.05) is 23.7 Å². The van der Waals surface area contributed by atoms with Crippen molar-refractivity contribution in [1.29, 1.82) is 5.26 Å². The Labute approximate surface area is 99.2 Å². The summed E-state index contributed by atoms with van der Waals surface area (Å²) in [7, 11) is 0. The summed E-state index contributed by atoms with van der Waals surface area (Å²) in [6.07, 6.45) is 1.08. The van der Waals surface area contributed by atoms with Crippen LogP contribution in [0.1, 0.15) is 12.8 Å². The van der Waals surface area contributed by atoms with Gasteiger partial charge in [0, 0.05) is 13.0 Å². The van der Waals surface area contributed by atoms with E-state index >= 15 is 0 Å². The Morgan fingerprint density at radius 3 is 2.88 bits per heavy atom. The maximum atomic E-state index is 11.4. The van der Waals surface area contributed by atoms with E-state index in [9.17, 15) is 4.79 Å². The van der Waals surface area contributed by atoms with Gasteiger partial charge >= 0.3 is 6.03 Å². The van der Waals surface area contributed by atoms with E-state index in [1.165, 1.54) is 0 Å². The van der Waals surface area contributed by atoms with E-state index in [1.807, 2.05) is 6.07 Å². The minimum atomic E-state index is -0.314. The highest BCUT2D eigenvalue weighted by atomic mass is 35.5. The third-order valence-corrected chi connectivity index (χ3v) is 2.20. The third-order valence-electron chi connectivity index (χ3n) is 1.87. The maximum Gasteiger partial charge on any atom is 0.319 e. The number of hydrogen-bond donors (Lipinski definition) is 2. The van der Waals surface area contributed by atoms with E-state index in [0.29, 0.717) is 30.1 Å². The number of carbonyl (C=O) groups excluding carboxylic acids is 1. The quantitative estimate of drug-likeness (QED) is 0.791. The number of carbonyl (C=O) groups is 1. The SMILES string of the molecule is N#CCCCNC(=O)Nc1ccccc1Cl. The Hall–Kier alpha value is -1.73. The van der Waals surface area contributed by atoms with Crippen molar-refractivity contribution in [3.8, 4) is 6.07 Å². The van der Waals surface area contributed by atoms with Gasteiger partial charge in [0.05, 0.1) is 16.8 Å². The molecule has 0 saturated heterocycles. The normalized spacial score (nSPS) is 9.25. The molecular weight excluding hydrogens is 226 g/mol. The molecule has 0 bridgehead atoms. The first-order valence-electron chi connectivity index (χ1n) is 4.90. The molecule has 2 N–H and O–H groups in total. The fourth-order valence-electron chi connectivity index (χ4n) is 1.10. The molecule has 1 aromatic carbocycles. The van der Waals surface area contributed by atoms with Crippen molar-refractivity contribution in [2.75, 3.05) is 11.9 Å². The molecule has 0 unspecified atom stereocenters. The van der Waals surface area contributed by atoms with Crippen molar-refractivity contribution in [1.82, 2.24) is 5.32 Å². The predicted octanol–water partition coefficient (Wildman–Crippen LogP) is 2.77. The average Bonchev–Trinajstić information content (AvgIpc) is 2.28. The maximum absolute atomic E-state index is 11.4. The van der Waals surface area contributed by atoms with Gasteiger partial charge in [-0.15, -0.1) is 0 Å². The van der Waals surface area contributed by atoms with Crippen LogP contribution in [0.5, 0.6) is 0 Å². The summed E-state index contributed by atoms with van der Waals surface area (Å²) < 4.78 is 0. The topological polar surface area (TPSA) is 64.9 Å². The molecule has 1 aromatic rings. The van der Waals surface area contributed by atoms with E-state index in [4.69, 9.17) is 16.9 Å². The Balaban J connectivity index is 2.35. The van der Waals surface area contributed by atoms with E-state index in [1.54, 1.807) is 24.3 Å². The standard InChI is InChI=1S/C11H12ClN3O/c12-9-5-1-2-6-10(9)15-11(16)14-8-4-3-7-13/h1-2,5-6H,3-4,8H2,(H2,14,15,16). The second-order valence-corrected chi connectivity index (χ2v) is 3.53. The van der Waals surface area contributed by atoms with Gasteiger partial charge in [-0.3, -0.25) is 0 Å². The smallest absolute Gasteiger partial charge is 0.319 e. The number of urea groups is 1. The Kier molecular flexibility index (Phi) is 5.17. The summed E-state index contributed by atoms with van der Waals surface area (Å²) in [5.41, 5.74) is 0.571. The van der Waals surface area contributed by atoms with Crippen LogP contribution in [0.4, 0.5) is 10.5 Å². The molecule has 0 radical (unpaired) electrons. The van der Waals surface area contributed by atoms with Crippen molar-refractivity contribution in [2.45, 2.75) is 12.8 Å². The van der Waals surface area contributed by atoms with Crippen LogP contribution in [0.25, 0.3) is 0 Å². The van der Waals surface area contributed by atoms with E-state index in [-0.39, 0.29) is 6.03 Å². The van der Waals surface area contributed by atoms with E-state index in [2.05, 4.69) is 10.6 Å². The minimum absolute atomic E-state index is 0.314. The van der Waals surface area contributed by atoms with E-state index < -0.39 is 0 Å². The summed E-state index contributed by atoms with van der Waals surface area (Å²) in [6.45, 7) is 0.476. The number of halogens is 1. The molecule has 0 atom stereocenters. The number of nitrogens with zero attached hydrogens (tertiary/aromatic N) is 1. The molecule has 1 rings (SSSR count). The molecule has 0 heterocycles. The zero-order valence-corrected chi connectivity index (χ0v) is 9.42. The first-order valence-corrected chi connectivity index (χ1v) is 5.28. The van der Waals surface area contributed by atoms with Crippen LogP contribution in [0.15, 0.2) is 24.3 Å². The average molecular weight is 238 g/mol. The van der Waals surface area contributed by atoms with Crippen LogP contribution in [-0.4, -0.2) is 12.6 Å². The number of nitrogens with one attached hydrogen (secondary N) is 2. The zero-order chi connectivity index (χ0) is 11.8. The Bertz CT molecular complexity index is 400. The molecule has 0 saturated carbocycles. The lowest BCUT2D eigenvalue weighted by Crippen LogP contribution is -2.29. The van der Waals surface area contributed by atoms with Gasteiger partial charge < -0.3 is 10.6 Å². The number of hydrogen-bond acceptors (Lipinski definition) is 2. The van der Waals surface area contributed by atoms with Crippen LogP contribution >= 0.6 is 11.6 Å². The van der Waals surface area contributed by atoms with Crippen LogP contribution < -0.4 is 10.6 Å². The number of rotatable bonds is 4. The molecule has 0 aliphatic rings. The van der Waals surface area contributed by atoms with Crippen LogP contribution in [0.3, 0.4) is 0 Å². The van der Waals surface area contributed by atoms with Gasteiger partial charge in [-0.05, 0) is 18.6 Å². The molecule has 0 aromatic heterocycles. The van der Waals surface area contributed by atoms with Crippen LogP contribution in [-0.2, 0) is 0 Å². The second kappa shape index (κ2) is 6.70. The molecule has 5 heteroatoms.